The summed E-state index contributed by atoms with van der Waals surface area (Å²) in [6.07, 6.45) is 6.52. The molecule has 142 valence electrons. The van der Waals surface area contributed by atoms with E-state index in [4.69, 9.17) is 5.73 Å². The number of anilines is 1. The van der Waals surface area contributed by atoms with E-state index >= 15 is 0 Å². The number of hydrogen-bond donors (Lipinski definition) is 1. The summed E-state index contributed by atoms with van der Waals surface area (Å²) in [5.41, 5.74) is 6.74. The van der Waals surface area contributed by atoms with Crippen molar-refractivity contribution in [2.45, 2.75) is 32.4 Å². The van der Waals surface area contributed by atoms with Crippen LogP contribution in [-0.4, -0.2) is 32.3 Å². The van der Waals surface area contributed by atoms with Crippen LogP contribution in [0.15, 0.2) is 41.6 Å². The Labute approximate surface area is 156 Å². The van der Waals surface area contributed by atoms with E-state index in [0.29, 0.717) is 18.7 Å². The SMILES string of the molecule is C[C@H](CN)Cn1cc(F)cc([C@H]2CCCN2c2ccn3nccc3n2)c1=O. The predicted octanol–water partition coefficient (Wildman–Crippen LogP) is 1.97. The number of fused-ring (bicyclic) bond motifs is 1. The lowest BCUT2D eigenvalue weighted by Crippen LogP contribution is -2.33. The first-order valence-electron chi connectivity index (χ1n) is 9.24. The van der Waals surface area contributed by atoms with Crippen molar-refractivity contribution in [1.29, 1.82) is 0 Å². The Morgan fingerprint density at radius 3 is 3.07 bits per heavy atom. The molecule has 1 saturated heterocycles. The Balaban J connectivity index is 1.72. The summed E-state index contributed by atoms with van der Waals surface area (Å²) in [4.78, 5) is 19.7. The summed E-state index contributed by atoms with van der Waals surface area (Å²) in [5.74, 6) is 0.471. The van der Waals surface area contributed by atoms with E-state index in [-0.39, 0.29) is 17.5 Å². The zero-order chi connectivity index (χ0) is 19.0. The Kier molecular flexibility index (Phi) is 4.65. The molecule has 7 nitrogen and oxygen atoms in total. The Morgan fingerprint density at radius 2 is 2.26 bits per heavy atom. The molecule has 8 heteroatoms. The number of pyridine rings is 1. The number of hydrogen-bond acceptors (Lipinski definition) is 5. The van der Waals surface area contributed by atoms with Crippen molar-refractivity contribution >= 4 is 11.5 Å². The van der Waals surface area contributed by atoms with Crippen molar-refractivity contribution in [3.05, 3.63) is 58.5 Å². The van der Waals surface area contributed by atoms with Crippen LogP contribution < -0.4 is 16.2 Å². The molecule has 0 saturated carbocycles. The van der Waals surface area contributed by atoms with E-state index in [9.17, 15) is 9.18 Å². The van der Waals surface area contributed by atoms with Crippen LogP contribution in [0.4, 0.5) is 10.2 Å². The third kappa shape index (κ3) is 3.32. The van der Waals surface area contributed by atoms with E-state index < -0.39 is 5.82 Å². The van der Waals surface area contributed by atoms with Gasteiger partial charge in [0, 0.05) is 37.1 Å². The summed E-state index contributed by atoms with van der Waals surface area (Å²) >= 11 is 0. The lowest BCUT2D eigenvalue weighted by Gasteiger charge is -2.26. The van der Waals surface area contributed by atoms with Crippen LogP contribution in [0.3, 0.4) is 0 Å². The van der Waals surface area contributed by atoms with Crippen molar-refractivity contribution in [3.8, 4) is 0 Å². The van der Waals surface area contributed by atoms with E-state index in [1.807, 2.05) is 25.3 Å². The normalized spacial score (nSPS) is 18.3. The van der Waals surface area contributed by atoms with E-state index in [1.54, 1.807) is 10.7 Å². The van der Waals surface area contributed by atoms with Gasteiger partial charge in [0.05, 0.1) is 12.2 Å². The smallest absolute Gasteiger partial charge is 0.256 e. The summed E-state index contributed by atoms with van der Waals surface area (Å²) in [6, 6.07) is 4.89. The van der Waals surface area contributed by atoms with Gasteiger partial charge >= 0.3 is 0 Å². The van der Waals surface area contributed by atoms with Crippen LogP contribution in [0.1, 0.15) is 31.4 Å². The maximum atomic E-state index is 14.3. The van der Waals surface area contributed by atoms with Crippen molar-refractivity contribution in [3.63, 3.8) is 0 Å². The summed E-state index contributed by atoms with van der Waals surface area (Å²) in [7, 11) is 0. The zero-order valence-electron chi connectivity index (χ0n) is 15.3. The summed E-state index contributed by atoms with van der Waals surface area (Å²) < 4.78 is 17.4. The fourth-order valence-electron chi connectivity index (χ4n) is 3.73. The van der Waals surface area contributed by atoms with Crippen molar-refractivity contribution in [2.24, 2.45) is 11.7 Å². The van der Waals surface area contributed by atoms with Gasteiger partial charge in [0.15, 0.2) is 5.65 Å². The highest BCUT2D eigenvalue weighted by molar-refractivity contribution is 5.49. The second-order valence-electron chi connectivity index (χ2n) is 7.18. The molecular weight excluding hydrogens is 347 g/mol. The molecule has 3 aromatic heterocycles. The quantitative estimate of drug-likeness (QED) is 0.743. The molecule has 27 heavy (non-hydrogen) atoms. The predicted molar refractivity (Wildman–Crippen MR) is 101 cm³/mol. The molecule has 4 rings (SSSR count). The number of halogens is 1. The molecule has 0 spiro atoms. The maximum Gasteiger partial charge on any atom is 0.256 e. The third-order valence-electron chi connectivity index (χ3n) is 5.14. The molecular formula is C19H23FN6O. The molecule has 2 N–H and O–H groups in total. The first-order chi connectivity index (χ1) is 13.1. The molecule has 0 aromatic carbocycles. The molecule has 4 heterocycles. The molecule has 1 fully saturated rings. The molecule has 2 atom stereocenters. The van der Waals surface area contributed by atoms with E-state index in [1.165, 1.54) is 16.8 Å². The minimum Gasteiger partial charge on any atom is -0.349 e. The minimum atomic E-state index is -0.403. The van der Waals surface area contributed by atoms with E-state index in [0.717, 1.165) is 30.9 Å². The summed E-state index contributed by atoms with van der Waals surface area (Å²) in [6.45, 7) is 3.58. The maximum absolute atomic E-state index is 14.3. The Hall–Kier alpha value is -2.74. The molecule has 0 aliphatic carbocycles. The van der Waals surface area contributed by atoms with Gasteiger partial charge < -0.3 is 15.2 Å². The van der Waals surface area contributed by atoms with Crippen LogP contribution in [0.5, 0.6) is 0 Å². The van der Waals surface area contributed by atoms with Crippen LogP contribution in [0.2, 0.25) is 0 Å². The lowest BCUT2D eigenvalue weighted by molar-refractivity contribution is 0.465. The largest absolute Gasteiger partial charge is 0.349 e. The van der Waals surface area contributed by atoms with Gasteiger partial charge in [0.2, 0.25) is 0 Å². The lowest BCUT2D eigenvalue weighted by atomic mass is 10.1. The standard InChI is InChI=1S/C19H23FN6O/c1-13(10-21)11-24-12-14(20)9-15(19(24)27)16-3-2-7-25(16)17-5-8-26-18(23-17)4-6-22-26/h4-6,8-9,12-13,16H,2-3,7,10-11,21H2,1H3/t13-,16-/m1/s1. The molecule has 0 radical (unpaired) electrons. The summed E-state index contributed by atoms with van der Waals surface area (Å²) in [5, 5.41) is 4.16. The van der Waals surface area contributed by atoms with Gasteiger partial charge in [-0.15, -0.1) is 0 Å². The highest BCUT2D eigenvalue weighted by atomic mass is 19.1. The monoisotopic (exact) mass is 370 g/mol. The highest BCUT2D eigenvalue weighted by Gasteiger charge is 2.30. The van der Waals surface area contributed by atoms with Crippen molar-refractivity contribution in [1.82, 2.24) is 19.2 Å². The molecule has 1 aliphatic heterocycles. The number of rotatable bonds is 5. The topological polar surface area (TPSA) is 81.4 Å². The average Bonchev–Trinajstić information content (AvgIpc) is 3.32. The molecule has 0 amide bonds. The second-order valence-corrected chi connectivity index (χ2v) is 7.18. The fourth-order valence-corrected chi connectivity index (χ4v) is 3.73. The number of nitrogens with two attached hydrogens (primary N) is 1. The van der Waals surface area contributed by atoms with Gasteiger partial charge in [0.1, 0.15) is 11.6 Å². The van der Waals surface area contributed by atoms with E-state index in [2.05, 4.69) is 15.0 Å². The molecule has 0 unspecified atom stereocenters. The average molecular weight is 370 g/mol. The minimum absolute atomic E-state index is 0.1000. The van der Waals surface area contributed by atoms with Gasteiger partial charge in [-0.2, -0.15) is 5.10 Å². The van der Waals surface area contributed by atoms with Gasteiger partial charge in [-0.05, 0) is 37.4 Å². The van der Waals surface area contributed by atoms with Gasteiger partial charge in [-0.1, -0.05) is 6.92 Å². The van der Waals surface area contributed by atoms with Crippen LogP contribution in [0, 0.1) is 11.7 Å². The molecule has 1 aliphatic rings. The molecule has 0 bridgehead atoms. The molecule has 3 aromatic rings. The first kappa shape index (κ1) is 17.7. The zero-order valence-corrected chi connectivity index (χ0v) is 15.3. The van der Waals surface area contributed by atoms with Crippen LogP contribution in [-0.2, 0) is 6.54 Å². The highest BCUT2D eigenvalue weighted by Crippen LogP contribution is 2.34. The van der Waals surface area contributed by atoms with Gasteiger partial charge in [-0.25, -0.2) is 13.9 Å². The Morgan fingerprint density at radius 1 is 1.41 bits per heavy atom. The van der Waals surface area contributed by atoms with Crippen molar-refractivity contribution in [2.75, 3.05) is 18.0 Å². The Bertz CT molecular complexity index is 1010. The van der Waals surface area contributed by atoms with Gasteiger partial charge in [-0.3, -0.25) is 4.79 Å². The van der Waals surface area contributed by atoms with Gasteiger partial charge in [0.25, 0.3) is 5.56 Å². The fraction of sp³-hybridized carbons (Fsp3) is 0.421. The second kappa shape index (κ2) is 7.11. The first-order valence-corrected chi connectivity index (χ1v) is 9.24. The number of aromatic nitrogens is 4. The van der Waals surface area contributed by atoms with Crippen LogP contribution >= 0.6 is 0 Å². The number of nitrogens with zero attached hydrogens (tertiary/aromatic N) is 5. The van der Waals surface area contributed by atoms with Crippen molar-refractivity contribution < 1.29 is 4.39 Å². The third-order valence-corrected chi connectivity index (χ3v) is 5.14. The van der Waals surface area contributed by atoms with Crippen LogP contribution in [0.25, 0.3) is 5.65 Å².